The summed E-state index contributed by atoms with van der Waals surface area (Å²) in [6.45, 7) is 4.35. The molecule has 0 spiro atoms. The van der Waals surface area contributed by atoms with Gasteiger partial charge >= 0.3 is 5.69 Å². The Bertz CT molecular complexity index is 1680. The first-order chi connectivity index (χ1) is 20.6. The Balaban J connectivity index is 1.38. The summed E-state index contributed by atoms with van der Waals surface area (Å²) in [4.78, 5) is 20.2. The second-order valence-corrected chi connectivity index (χ2v) is 12.0. The van der Waals surface area contributed by atoms with Gasteiger partial charge < -0.3 is 21.4 Å². The Morgan fingerprint density at radius 1 is 1.26 bits per heavy atom. The summed E-state index contributed by atoms with van der Waals surface area (Å²) < 4.78 is 31.8. The lowest BCUT2D eigenvalue weighted by Gasteiger charge is -2.32. The van der Waals surface area contributed by atoms with Crippen molar-refractivity contribution >= 4 is 28.5 Å². The molecule has 1 saturated heterocycles. The highest BCUT2D eigenvalue weighted by molar-refractivity contribution is 6.31. The third-order valence-electron chi connectivity index (χ3n) is 8.01. The number of aryl methyl sites for hydroxylation is 1. The number of aromatic amines is 1. The van der Waals surface area contributed by atoms with Crippen molar-refractivity contribution in [2.75, 3.05) is 6.54 Å². The van der Waals surface area contributed by atoms with E-state index in [9.17, 15) is 4.79 Å². The summed E-state index contributed by atoms with van der Waals surface area (Å²) in [7, 11) is 0. The normalized spacial score (nSPS) is 17.7. The maximum Gasteiger partial charge on any atom is 0.354 e. The molecule has 3 heterocycles. The van der Waals surface area contributed by atoms with Crippen molar-refractivity contribution < 1.29 is 8.78 Å². The maximum absolute atomic E-state index is 15.4. The number of amidine groups is 1. The Hall–Kier alpha value is -3.60. The SMILES string of the molecule is CC(=N)NCC[C@@H]1CCC[C@@H](c2ccc(-n3cc4cc(-c5cc(CCC[C@H](C)N)cc(Cl)c5F)[nH]c4nc3=O)cc2F)N1. The number of nitrogens with two attached hydrogens (primary N) is 1. The maximum atomic E-state index is 15.4. The van der Waals surface area contributed by atoms with Gasteiger partial charge in [0.2, 0.25) is 0 Å². The number of halogens is 3. The Morgan fingerprint density at radius 3 is 2.81 bits per heavy atom. The van der Waals surface area contributed by atoms with Crippen LogP contribution >= 0.6 is 11.6 Å². The van der Waals surface area contributed by atoms with E-state index >= 15 is 8.78 Å². The average Bonchev–Trinajstić information content (AvgIpc) is 3.36. The molecule has 6 N–H and O–H groups in total. The lowest BCUT2D eigenvalue weighted by molar-refractivity contribution is 0.307. The van der Waals surface area contributed by atoms with E-state index in [-0.39, 0.29) is 28.7 Å². The fraction of sp³-hybridized carbons (Fsp3) is 0.406. The van der Waals surface area contributed by atoms with Gasteiger partial charge in [0.15, 0.2) is 5.82 Å². The van der Waals surface area contributed by atoms with E-state index in [1.165, 1.54) is 10.6 Å². The van der Waals surface area contributed by atoms with Crippen LogP contribution in [-0.2, 0) is 6.42 Å². The minimum atomic E-state index is -0.582. The molecule has 4 aromatic rings. The Morgan fingerprint density at radius 2 is 2.07 bits per heavy atom. The van der Waals surface area contributed by atoms with Crippen molar-refractivity contribution in [3.63, 3.8) is 0 Å². The topological polar surface area (TPSA) is 125 Å². The highest BCUT2D eigenvalue weighted by Gasteiger charge is 2.24. The van der Waals surface area contributed by atoms with Gasteiger partial charge in [-0.05, 0) is 88.3 Å². The van der Waals surface area contributed by atoms with Crippen molar-refractivity contribution in [1.29, 1.82) is 5.41 Å². The van der Waals surface area contributed by atoms with Crippen molar-refractivity contribution in [3.05, 3.63) is 80.9 Å². The zero-order valence-electron chi connectivity index (χ0n) is 24.4. The Labute approximate surface area is 254 Å². The molecule has 8 nitrogen and oxygen atoms in total. The number of aromatic nitrogens is 3. The molecule has 0 saturated carbocycles. The van der Waals surface area contributed by atoms with Crippen LogP contribution in [0.15, 0.2) is 47.4 Å². The minimum absolute atomic E-state index is 0.0203. The van der Waals surface area contributed by atoms with Crippen molar-refractivity contribution in [1.82, 2.24) is 25.2 Å². The molecule has 0 aliphatic carbocycles. The van der Waals surface area contributed by atoms with E-state index in [1.807, 2.05) is 6.92 Å². The Kier molecular flexibility index (Phi) is 9.59. The number of H-pyrrole nitrogens is 1. The molecule has 2 aromatic heterocycles. The predicted octanol–water partition coefficient (Wildman–Crippen LogP) is 6.14. The molecule has 0 bridgehead atoms. The smallest absolute Gasteiger partial charge is 0.354 e. The molecular formula is C32H38ClF2N7O. The molecule has 5 rings (SSSR count). The predicted molar refractivity (Wildman–Crippen MR) is 168 cm³/mol. The zero-order valence-corrected chi connectivity index (χ0v) is 25.2. The minimum Gasteiger partial charge on any atom is -0.374 e. The summed E-state index contributed by atoms with van der Waals surface area (Å²) in [5, 5.41) is 14.7. The van der Waals surface area contributed by atoms with Crippen LogP contribution in [0.25, 0.3) is 28.0 Å². The molecule has 0 amide bonds. The molecule has 1 fully saturated rings. The summed E-state index contributed by atoms with van der Waals surface area (Å²) in [5.41, 5.74) is 8.12. The van der Waals surface area contributed by atoms with Crippen molar-refractivity contribution in [2.45, 2.75) is 76.9 Å². The second-order valence-electron chi connectivity index (χ2n) is 11.6. The highest BCUT2D eigenvalue weighted by atomic mass is 35.5. The van der Waals surface area contributed by atoms with Gasteiger partial charge in [-0.15, -0.1) is 0 Å². The summed E-state index contributed by atoms with van der Waals surface area (Å²) in [5.74, 6) is -0.526. The van der Waals surface area contributed by atoms with E-state index in [2.05, 4.69) is 20.6 Å². The van der Waals surface area contributed by atoms with Gasteiger partial charge in [-0.3, -0.25) is 9.98 Å². The zero-order chi connectivity index (χ0) is 30.7. The van der Waals surface area contributed by atoms with Crippen LogP contribution in [0, 0.1) is 17.0 Å². The van der Waals surface area contributed by atoms with Crippen LogP contribution in [0.5, 0.6) is 0 Å². The molecule has 228 valence electrons. The fourth-order valence-electron chi connectivity index (χ4n) is 5.81. The molecule has 0 radical (unpaired) electrons. The standard InChI is InChI=1S/C32H38ClF2N7O/c1-18(36)5-3-6-20-13-25(30(35)26(33)14-20)29-15-21-17-42(32(43)41-31(21)40-29)23-9-10-24(27(34)16-23)28-8-4-7-22(39-28)11-12-38-19(2)37/h9-10,13-18,22,28,39H,3-8,11-12,36H2,1-2H3,(H2,37,38)(H,40,41,43)/t18-,22-,28-/m0/s1. The molecule has 1 aliphatic heterocycles. The van der Waals surface area contributed by atoms with Crippen LogP contribution in [-0.4, -0.2) is 39.0 Å². The first-order valence-electron chi connectivity index (χ1n) is 14.8. The molecular weight excluding hydrogens is 572 g/mol. The number of nitrogens with zero attached hydrogens (tertiary/aromatic N) is 2. The lowest BCUT2D eigenvalue weighted by Crippen LogP contribution is -2.39. The summed E-state index contributed by atoms with van der Waals surface area (Å²) in [6, 6.07) is 10.1. The van der Waals surface area contributed by atoms with Crippen molar-refractivity contribution in [3.8, 4) is 16.9 Å². The van der Waals surface area contributed by atoms with Crippen LogP contribution in [0.4, 0.5) is 8.78 Å². The summed E-state index contributed by atoms with van der Waals surface area (Å²) in [6.07, 6.45) is 7.62. The number of benzene rings is 2. The van der Waals surface area contributed by atoms with Gasteiger partial charge in [-0.25, -0.2) is 13.6 Å². The van der Waals surface area contributed by atoms with E-state index < -0.39 is 17.3 Å². The van der Waals surface area contributed by atoms with Gasteiger partial charge in [-0.2, -0.15) is 4.98 Å². The number of rotatable bonds is 10. The van der Waals surface area contributed by atoms with Gasteiger partial charge in [0.05, 0.1) is 22.2 Å². The van der Waals surface area contributed by atoms with Crippen molar-refractivity contribution in [2.24, 2.45) is 5.73 Å². The first kappa shape index (κ1) is 30.8. The van der Waals surface area contributed by atoms with Gasteiger partial charge in [-0.1, -0.05) is 24.1 Å². The number of piperidine rings is 1. The number of hydrogen-bond acceptors (Lipinski definition) is 5. The third kappa shape index (κ3) is 7.31. The monoisotopic (exact) mass is 609 g/mol. The fourth-order valence-corrected chi connectivity index (χ4v) is 6.06. The van der Waals surface area contributed by atoms with Crippen LogP contribution in [0.2, 0.25) is 5.02 Å². The number of nitrogens with one attached hydrogen (secondary N) is 4. The highest BCUT2D eigenvalue weighted by Crippen LogP contribution is 2.32. The van der Waals surface area contributed by atoms with E-state index in [4.69, 9.17) is 22.7 Å². The van der Waals surface area contributed by atoms with E-state index in [0.717, 1.165) is 44.1 Å². The van der Waals surface area contributed by atoms with E-state index in [0.29, 0.717) is 46.8 Å². The quantitative estimate of drug-likeness (QED) is 0.109. The molecule has 2 aromatic carbocycles. The molecule has 1 aliphatic rings. The van der Waals surface area contributed by atoms with Crippen LogP contribution < -0.4 is 22.1 Å². The largest absolute Gasteiger partial charge is 0.374 e. The average molecular weight is 610 g/mol. The molecule has 43 heavy (non-hydrogen) atoms. The molecule has 3 atom stereocenters. The molecule has 11 heteroatoms. The van der Waals surface area contributed by atoms with Gasteiger partial charge in [0.25, 0.3) is 0 Å². The summed E-state index contributed by atoms with van der Waals surface area (Å²) >= 11 is 6.23. The van der Waals surface area contributed by atoms with Gasteiger partial charge in [0, 0.05) is 47.4 Å². The lowest BCUT2D eigenvalue weighted by atomic mass is 9.91. The first-order valence-corrected chi connectivity index (χ1v) is 15.2. The number of hydrogen-bond donors (Lipinski definition) is 5. The second kappa shape index (κ2) is 13.4. The van der Waals surface area contributed by atoms with E-state index in [1.54, 1.807) is 43.5 Å². The van der Waals surface area contributed by atoms with Crippen LogP contribution in [0.1, 0.15) is 69.5 Å². The third-order valence-corrected chi connectivity index (χ3v) is 8.29. The van der Waals surface area contributed by atoms with Gasteiger partial charge in [0.1, 0.15) is 11.5 Å². The molecule has 0 unspecified atom stereocenters. The van der Waals surface area contributed by atoms with Crippen LogP contribution in [0.3, 0.4) is 0 Å². The number of fused-ring (bicyclic) bond motifs is 1.